The van der Waals surface area contributed by atoms with E-state index in [1.54, 1.807) is 0 Å². The number of rotatable bonds is 34. The molecule has 1 aliphatic rings. The molecule has 322 valence electrons. The highest BCUT2D eigenvalue weighted by molar-refractivity contribution is 7.80. The van der Waals surface area contributed by atoms with Gasteiger partial charge < -0.3 is 34.3 Å². The van der Waals surface area contributed by atoms with Gasteiger partial charge in [-0.2, -0.15) is 8.42 Å². The van der Waals surface area contributed by atoms with Gasteiger partial charge in [-0.25, -0.2) is 4.18 Å². The molecule has 56 heavy (non-hydrogen) atoms. The fourth-order valence-electron chi connectivity index (χ4n) is 5.70. The number of aliphatic hydroxyl groups is 3. The van der Waals surface area contributed by atoms with Crippen LogP contribution >= 0.6 is 0 Å². The van der Waals surface area contributed by atoms with Crippen LogP contribution in [0.15, 0.2) is 72.9 Å². The molecule has 0 aromatic rings. The van der Waals surface area contributed by atoms with Crippen LogP contribution in [0.4, 0.5) is 0 Å². The molecule has 6 atom stereocenters. The fourth-order valence-corrected chi connectivity index (χ4v) is 6.21. The number of carbonyl (C=O) groups excluding carboxylic acids is 1. The number of unbranched alkanes of at least 4 members (excludes halogenated alkanes) is 9. The Morgan fingerprint density at radius 3 is 1.80 bits per heavy atom. The van der Waals surface area contributed by atoms with Crippen LogP contribution in [0.1, 0.15) is 129 Å². The number of aliphatic hydroxyl groups excluding tert-OH is 3. The molecule has 0 aliphatic carbocycles. The molecule has 0 radical (unpaired) electrons. The number of esters is 1. The summed E-state index contributed by atoms with van der Waals surface area (Å²) in [6, 6.07) is 0. The molecule has 1 fully saturated rings. The van der Waals surface area contributed by atoms with E-state index in [0.29, 0.717) is 13.0 Å². The van der Waals surface area contributed by atoms with Crippen LogP contribution in [0.25, 0.3) is 0 Å². The molecule has 0 amide bonds. The molecule has 6 unspecified atom stereocenters. The van der Waals surface area contributed by atoms with Crippen molar-refractivity contribution in [1.29, 1.82) is 0 Å². The second-order valence-corrected chi connectivity index (χ2v) is 14.9. The Morgan fingerprint density at radius 2 is 1.23 bits per heavy atom. The van der Waals surface area contributed by atoms with E-state index in [1.165, 1.54) is 0 Å². The first-order valence-electron chi connectivity index (χ1n) is 20.7. The number of allylic oxidation sites excluding steroid dienone is 12. The highest BCUT2D eigenvalue weighted by Crippen LogP contribution is 2.26. The molecular weight excluding hydrogens is 741 g/mol. The van der Waals surface area contributed by atoms with Crippen molar-refractivity contribution in [2.24, 2.45) is 0 Å². The SMILES string of the molecule is CC/C=C\C/C=C\C/C=C\C/C=C\CCCCCOCC(COC1OC(CO)C(O)C(OS(=O)(=O)O)C1O)OC(=O)CCCCCCC/C=C\C/C=C\CCC. The summed E-state index contributed by atoms with van der Waals surface area (Å²) in [5, 5.41) is 30.6. The minimum absolute atomic E-state index is 0.00430. The Kier molecular flexibility index (Phi) is 31.8. The topological polar surface area (TPSA) is 178 Å². The van der Waals surface area contributed by atoms with Gasteiger partial charge in [0.15, 0.2) is 6.29 Å². The average molecular weight is 813 g/mol. The van der Waals surface area contributed by atoms with Crippen LogP contribution in [-0.4, -0.2) is 97.5 Å². The molecule has 13 heteroatoms. The molecule has 0 aromatic heterocycles. The Balaban J connectivity index is 2.52. The van der Waals surface area contributed by atoms with E-state index in [2.05, 4.69) is 90.9 Å². The maximum absolute atomic E-state index is 12.8. The van der Waals surface area contributed by atoms with Gasteiger partial charge in [0.25, 0.3) is 0 Å². The normalized spacial score (nSPS) is 21.6. The summed E-state index contributed by atoms with van der Waals surface area (Å²) in [5.74, 6) is -0.430. The van der Waals surface area contributed by atoms with Crippen molar-refractivity contribution in [2.45, 2.75) is 166 Å². The minimum atomic E-state index is -5.07. The van der Waals surface area contributed by atoms with Crippen LogP contribution in [0.2, 0.25) is 0 Å². The van der Waals surface area contributed by atoms with Crippen LogP contribution in [0, 0.1) is 0 Å². The third-order valence-corrected chi connectivity index (χ3v) is 9.26. The van der Waals surface area contributed by atoms with Gasteiger partial charge in [-0.15, -0.1) is 0 Å². The van der Waals surface area contributed by atoms with E-state index in [4.69, 9.17) is 23.5 Å². The van der Waals surface area contributed by atoms with Gasteiger partial charge in [0, 0.05) is 13.0 Å². The fraction of sp³-hybridized carbons (Fsp3) is 0.698. The average Bonchev–Trinajstić information content (AvgIpc) is 3.17. The number of hydrogen-bond acceptors (Lipinski definition) is 11. The molecule has 1 rings (SSSR count). The Morgan fingerprint density at radius 1 is 0.696 bits per heavy atom. The summed E-state index contributed by atoms with van der Waals surface area (Å²) in [5.41, 5.74) is 0. The van der Waals surface area contributed by atoms with Crippen molar-refractivity contribution < 1.29 is 56.2 Å². The Labute approximate surface area is 337 Å². The Bertz CT molecular complexity index is 1260. The first kappa shape index (κ1) is 51.6. The molecule has 0 spiro atoms. The highest BCUT2D eigenvalue weighted by Gasteiger charge is 2.48. The van der Waals surface area contributed by atoms with Gasteiger partial charge in [-0.05, 0) is 77.0 Å². The maximum atomic E-state index is 12.8. The van der Waals surface area contributed by atoms with E-state index in [-0.39, 0.29) is 19.6 Å². The van der Waals surface area contributed by atoms with Gasteiger partial charge in [0.05, 0.1) is 19.8 Å². The van der Waals surface area contributed by atoms with Crippen molar-refractivity contribution in [2.75, 3.05) is 26.4 Å². The van der Waals surface area contributed by atoms with Gasteiger partial charge in [-0.1, -0.05) is 119 Å². The van der Waals surface area contributed by atoms with Gasteiger partial charge in [-0.3, -0.25) is 9.35 Å². The van der Waals surface area contributed by atoms with Crippen molar-refractivity contribution in [3.05, 3.63) is 72.9 Å². The molecule has 1 aliphatic heterocycles. The first-order chi connectivity index (χ1) is 27.1. The molecule has 0 saturated carbocycles. The molecule has 1 saturated heterocycles. The van der Waals surface area contributed by atoms with Crippen molar-refractivity contribution in [3.63, 3.8) is 0 Å². The lowest BCUT2D eigenvalue weighted by Crippen LogP contribution is -2.60. The number of ether oxygens (including phenoxy) is 4. The lowest BCUT2D eigenvalue weighted by molar-refractivity contribution is -0.301. The first-order valence-corrected chi connectivity index (χ1v) is 22.1. The van der Waals surface area contributed by atoms with Crippen LogP contribution in [0.5, 0.6) is 0 Å². The Hall–Kier alpha value is -2.46. The van der Waals surface area contributed by atoms with E-state index in [0.717, 1.165) is 103 Å². The largest absolute Gasteiger partial charge is 0.457 e. The summed E-state index contributed by atoms with van der Waals surface area (Å²) in [6.07, 6.45) is 33.7. The third kappa shape index (κ3) is 28.0. The minimum Gasteiger partial charge on any atom is -0.457 e. The highest BCUT2D eigenvalue weighted by atomic mass is 32.3. The van der Waals surface area contributed by atoms with Gasteiger partial charge >= 0.3 is 16.4 Å². The zero-order chi connectivity index (χ0) is 41.1. The summed E-state index contributed by atoms with van der Waals surface area (Å²) in [7, 11) is -5.07. The van der Waals surface area contributed by atoms with E-state index >= 15 is 0 Å². The number of hydrogen-bond donors (Lipinski definition) is 4. The lowest BCUT2D eigenvalue weighted by Gasteiger charge is -2.41. The van der Waals surface area contributed by atoms with E-state index in [9.17, 15) is 28.5 Å². The predicted octanol–water partition coefficient (Wildman–Crippen LogP) is 7.96. The lowest BCUT2D eigenvalue weighted by atomic mass is 9.99. The molecule has 4 N–H and O–H groups in total. The molecule has 0 bridgehead atoms. The van der Waals surface area contributed by atoms with Crippen molar-refractivity contribution in [3.8, 4) is 0 Å². The smallest absolute Gasteiger partial charge is 0.397 e. The van der Waals surface area contributed by atoms with Gasteiger partial charge in [0.2, 0.25) is 0 Å². The summed E-state index contributed by atoms with van der Waals surface area (Å²) < 4.78 is 58.8. The quantitative estimate of drug-likeness (QED) is 0.0214. The zero-order valence-electron chi connectivity index (χ0n) is 33.9. The van der Waals surface area contributed by atoms with Crippen molar-refractivity contribution >= 4 is 16.4 Å². The maximum Gasteiger partial charge on any atom is 0.397 e. The predicted molar refractivity (Wildman–Crippen MR) is 220 cm³/mol. The van der Waals surface area contributed by atoms with E-state index < -0.39 is 59.8 Å². The summed E-state index contributed by atoms with van der Waals surface area (Å²) in [4.78, 5) is 12.8. The second kappa shape index (κ2) is 34.6. The molecular formula is C43H72O12S. The van der Waals surface area contributed by atoms with Crippen molar-refractivity contribution in [1.82, 2.24) is 0 Å². The molecule has 1 heterocycles. The van der Waals surface area contributed by atoms with Crippen LogP contribution in [-0.2, 0) is 38.3 Å². The molecule has 0 aromatic carbocycles. The molecule has 12 nitrogen and oxygen atoms in total. The second-order valence-electron chi connectivity index (χ2n) is 13.8. The monoisotopic (exact) mass is 812 g/mol. The van der Waals surface area contributed by atoms with Crippen LogP contribution < -0.4 is 0 Å². The zero-order valence-corrected chi connectivity index (χ0v) is 34.7. The summed E-state index contributed by atoms with van der Waals surface area (Å²) in [6.45, 7) is 3.68. The summed E-state index contributed by atoms with van der Waals surface area (Å²) >= 11 is 0. The van der Waals surface area contributed by atoms with E-state index in [1.807, 2.05) is 0 Å². The standard InChI is InChI=1S/C43H72O12S/c1-3-5-7-9-11-13-15-17-18-19-21-23-25-27-29-31-33-51-35-37(36-52-43-41(47)42(55-56(48,49)50)40(46)38(34-44)54-43)53-39(45)32-30-28-26-24-22-20-16-14-12-10-8-6-4-2/h5,7-8,10-11,13-14,16-18,21,23,37-38,40-44,46-47H,3-4,6,9,12,15,19-20,22,24-36H2,1-2H3,(H,48,49,50)/b7-5-,10-8-,13-11-,16-14-,18-17-,23-21-. The number of carbonyl (C=O) groups is 1. The third-order valence-electron chi connectivity index (χ3n) is 8.79. The van der Waals surface area contributed by atoms with Gasteiger partial charge in [0.1, 0.15) is 30.5 Å². The van der Waals surface area contributed by atoms with Crippen LogP contribution in [0.3, 0.4) is 0 Å².